The summed E-state index contributed by atoms with van der Waals surface area (Å²) in [7, 11) is 0. The van der Waals surface area contributed by atoms with E-state index in [9.17, 15) is 0 Å². The van der Waals surface area contributed by atoms with Crippen LogP contribution in [0.5, 0.6) is 0 Å². The van der Waals surface area contributed by atoms with Crippen LogP contribution in [0, 0.1) is 6.92 Å². The third kappa shape index (κ3) is 4.53. The SMILES string of the molecule is Cc1ccc(Nc2nccc3c2CCN(Cc2ccccc2)C3)cc1-c1cc2ccccc2cn1. The molecule has 1 N–H and O–H groups in total. The van der Waals surface area contributed by atoms with Crippen LogP contribution in [0.3, 0.4) is 0 Å². The van der Waals surface area contributed by atoms with Crippen molar-refractivity contribution in [3.8, 4) is 11.3 Å². The topological polar surface area (TPSA) is 41.1 Å². The molecule has 172 valence electrons. The van der Waals surface area contributed by atoms with Gasteiger partial charge < -0.3 is 5.32 Å². The molecule has 3 aromatic carbocycles. The quantitative estimate of drug-likeness (QED) is 0.312. The van der Waals surface area contributed by atoms with Crippen LogP contribution in [0.1, 0.15) is 22.3 Å². The van der Waals surface area contributed by atoms with Crippen LogP contribution in [0.25, 0.3) is 22.0 Å². The second-order valence-electron chi connectivity index (χ2n) is 9.31. The summed E-state index contributed by atoms with van der Waals surface area (Å²) in [5.41, 5.74) is 8.41. The van der Waals surface area contributed by atoms with Crippen molar-refractivity contribution in [3.63, 3.8) is 0 Å². The van der Waals surface area contributed by atoms with Gasteiger partial charge in [-0.15, -0.1) is 0 Å². The van der Waals surface area contributed by atoms with Crippen molar-refractivity contribution < 1.29 is 0 Å². The molecule has 0 saturated heterocycles. The fraction of sp³-hybridized carbons (Fsp3) is 0.161. The summed E-state index contributed by atoms with van der Waals surface area (Å²) in [5, 5.41) is 5.97. The van der Waals surface area contributed by atoms with Crippen molar-refractivity contribution in [1.29, 1.82) is 0 Å². The summed E-state index contributed by atoms with van der Waals surface area (Å²) < 4.78 is 0. The molecule has 1 aliphatic rings. The molecular formula is C31H28N4. The molecule has 5 aromatic rings. The third-order valence-corrected chi connectivity index (χ3v) is 6.88. The highest BCUT2D eigenvalue weighted by Crippen LogP contribution is 2.31. The molecule has 0 saturated carbocycles. The minimum atomic E-state index is 0.946. The highest BCUT2D eigenvalue weighted by atomic mass is 15.1. The van der Waals surface area contributed by atoms with Crippen LogP contribution in [0.15, 0.2) is 97.3 Å². The first-order valence-corrected chi connectivity index (χ1v) is 12.2. The molecule has 6 rings (SSSR count). The zero-order valence-corrected chi connectivity index (χ0v) is 19.9. The molecule has 35 heavy (non-hydrogen) atoms. The maximum absolute atomic E-state index is 4.75. The fourth-order valence-corrected chi connectivity index (χ4v) is 4.98. The number of benzene rings is 3. The maximum atomic E-state index is 4.75. The molecule has 0 atom stereocenters. The van der Waals surface area contributed by atoms with Crippen molar-refractivity contribution >= 4 is 22.3 Å². The lowest BCUT2D eigenvalue weighted by Crippen LogP contribution is -2.30. The van der Waals surface area contributed by atoms with Gasteiger partial charge in [0, 0.05) is 54.2 Å². The fourth-order valence-electron chi connectivity index (χ4n) is 4.98. The Balaban J connectivity index is 1.25. The van der Waals surface area contributed by atoms with Gasteiger partial charge in [-0.05, 0) is 59.7 Å². The van der Waals surface area contributed by atoms with Gasteiger partial charge in [0.1, 0.15) is 5.82 Å². The number of hydrogen-bond acceptors (Lipinski definition) is 4. The Morgan fingerprint density at radius 3 is 2.57 bits per heavy atom. The van der Waals surface area contributed by atoms with Crippen LogP contribution in [0.2, 0.25) is 0 Å². The van der Waals surface area contributed by atoms with Crippen LogP contribution in [0.4, 0.5) is 11.5 Å². The number of aryl methyl sites for hydroxylation is 1. The van der Waals surface area contributed by atoms with Crippen molar-refractivity contribution in [2.45, 2.75) is 26.4 Å². The number of anilines is 2. The monoisotopic (exact) mass is 456 g/mol. The molecule has 0 radical (unpaired) electrons. The maximum Gasteiger partial charge on any atom is 0.133 e. The van der Waals surface area contributed by atoms with E-state index in [1.165, 1.54) is 27.6 Å². The number of nitrogens with zero attached hydrogens (tertiary/aromatic N) is 3. The molecule has 1 aliphatic heterocycles. The first-order valence-electron chi connectivity index (χ1n) is 12.2. The van der Waals surface area contributed by atoms with Gasteiger partial charge in [0.2, 0.25) is 0 Å². The average Bonchev–Trinajstić information content (AvgIpc) is 2.90. The average molecular weight is 457 g/mol. The third-order valence-electron chi connectivity index (χ3n) is 6.88. The van der Waals surface area contributed by atoms with E-state index in [1.807, 2.05) is 18.5 Å². The highest BCUT2D eigenvalue weighted by Gasteiger charge is 2.20. The molecule has 0 amide bonds. The van der Waals surface area contributed by atoms with Crippen LogP contribution in [-0.4, -0.2) is 21.4 Å². The van der Waals surface area contributed by atoms with Gasteiger partial charge in [0.25, 0.3) is 0 Å². The number of aromatic nitrogens is 2. The molecule has 0 unspecified atom stereocenters. The lowest BCUT2D eigenvalue weighted by atomic mass is 9.99. The molecule has 0 aliphatic carbocycles. The first kappa shape index (κ1) is 21.5. The second-order valence-corrected chi connectivity index (χ2v) is 9.31. The minimum Gasteiger partial charge on any atom is -0.340 e. The highest BCUT2D eigenvalue weighted by molar-refractivity contribution is 5.86. The summed E-state index contributed by atoms with van der Waals surface area (Å²) in [6.07, 6.45) is 4.87. The smallest absolute Gasteiger partial charge is 0.133 e. The van der Waals surface area contributed by atoms with Crippen molar-refractivity contribution in [3.05, 3.63) is 120 Å². The van der Waals surface area contributed by atoms with Gasteiger partial charge in [-0.2, -0.15) is 0 Å². The van der Waals surface area contributed by atoms with E-state index in [0.29, 0.717) is 0 Å². The number of rotatable bonds is 5. The molecular weight excluding hydrogens is 428 g/mol. The number of fused-ring (bicyclic) bond motifs is 2. The zero-order chi connectivity index (χ0) is 23.6. The predicted molar refractivity (Wildman–Crippen MR) is 144 cm³/mol. The molecule has 4 nitrogen and oxygen atoms in total. The van der Waals surface area contributed by atoms with E-state index >= 15 is 0 Å². The van der Waals surface area contributed by atoms with E-state index in [2.05, 4.69) is 96.0 Å². The zero-order valence-electron chi connectivity index (χ0n) is 19.9. The Bertz CT molecular complexity index is 1490. The van der Waals surface area contributed by atoms with Gasteiger partial charge in [0.15, 0.2) is 0 Å². The Labute approximate surface area is 206 Å². The first-order chi connectivity index (χ1) is 17.2. The van der Waals surface area contributed by atoms with Crippen LogP contribution < -0.4 is 5.32 Å². The molecule has 2 aromatic heterocycles. The van der Waals surface area contributed by atoms with Gasteiger partial charge in [0.05, 0.1) is 5.69 Å². The molecule has 3 heterocycles. The van der Waals surface area contributed by atoms with Crippen molar-refractivity contribution in [2.24, 2.45) is 0 Å². The summed E-state index contributed by atoms with van der Waals surface area (Å²) in [6, 6.07) is 29.9. The minimum absolute atomic E-state index is 0.946. The Morgan fingerprint density at radius 2 is 1.69 bits per heavy atom. The van der Waals surface area contributed by atoms with Gasteiger partial charge in [-0.3, -0.25) is 9.88 Å². The molecule has 4 heteroatoms. The molecule has 0 fully saturated rings. The Morgan fingerprint density at radius 1 is 0.857 bits per heavy atom. The summed E-state index contributed by atoms with van der Waals surface area (Å²) in [5.74, 6) is 0.961. The van der Waals surface area contributed by atoms with E-state index in [-0.39, 0.29) is 0 Å². The van der Waals surface area contributed by atoms with Gasteiger partial charge in [-0.1, -0.05) is 60.7 Å². The van der Waals surface area contributed by atoms with E-state index in [4.69, 9.17) is 9.97 Å². The van der Waals surface area contributed by atoms with E-state index in [1.54, 1.807) is 0 Å². The van der Waals surface area contributed by atoms with Gasteiger partial charge in [-0.25, -0.2) is 4.98 Å². The van der Waals surface area contributed by atoms with E-state index in [0.717, 1.165) is 54.2 Å². The van der Waals surface area contributed by atoms with Crippen LogP contribution >= 0.6 is 0 Å². The second kappa shape index (κ2) is 9.32. The van der Waals surface area contributed by atoms with Gasteiger partial charge >= 0.3 is 0 Å². The molecule has 0 bridgehead atoms. The summed E-state index contributed by atoms with van der Waals surface area (Å²) >= 11 is 0. The van der Waals surface area contributed by atoms with Crippen molar-refractivity contribution in [2.75, 3.05) is 11.9 Å². The number of hydrogen-bond donors (Lipinski definition) is 1. The van der Waals surface area contributed by atoms with Crippen LogP contribution in [-0.2, 0) is 19.5 Å². The summed E-state index contributed by atoms with van der Waals surface area (Å²) in [6.45, 7) is 5.09. The summed E-state index contributed by atoms with van der Waals surface area (Å²) in [4.78, 5) is 12.0. The van der Waals surface area contributed by atoms with E-state index < -0.39 is 0 Å². The lowest BCUT2D eigenvalue weighted by Gasteiger charge is -2.29. The Kier molecular flexibility index (Phi) is 5.73. The number of nitrogens with one attached hydrogen (secondary N) is 1. The normalized spacial score (nSPS) is 13.5. The standard InChI is InChI=1S/C31H28N4/c1-22-11-12-27(18-29(22)30-17-24-9-5-6-10-25(24)19-33-30)34-31-28-14-16-35(21-26(28)13-15-32-31)20-23-7-3-2-4-8-23/h2-13,15,17-19H,14,16,20-21H2,1H3,(H,32,34). The predicted octanol–water partition coefficient (Wildman–Crippen LogP) is 6.91. The lowest BCUT2D eigenvalue weighted by molar-refractivity contribution is 0.245. The Hall–Kier alpha value is -4.02. The molecule has 0 spiro atoms. The number of pyridine rings is 2. The largest absolute Gasteiger partial charge is 0.340 e. The van der Waals surface area contributed by atoms with Crippen molar-refractivity contribution in [1.82, 2.24) is 14.9 Å².